The molecule has 0 aliphatic rings. The predicted molar refractivity (Wildman–Crippen MR) is 148 cm³/mol. The summed E-state index contributed by atoms with van der Waals surface area (Å²) in [6.45, 7) is 7.24. The van der Waals surface area contributed by atoms with Crippen molar-refractivity contribution in [3.05, 3.63) is 107 Å². The Bertz CT molecular complexity index is 1390. The van der Waals surface area contributed by atoms with Gasteiger partial charge in [-0.15, -0.1) is 0 Å². The highest BCUT2D eigenvalue weighted by atomic mass is 16.5. The highest BCUT2D eigenvalue weighted by molar-refractivity contribution is 6.05. The Kier molecular flexibility index (Phi) is 8.41. The van der Waals surface area contributed by atoms with Crippen LogP contribution in [-0.4, -0.2) is 29.9 Å². The minimum absolute atomic E-state index is 0.187. The molecular weight excluding hydrogens is 462 g/mol. The minimum atomic E-state index is -0.361. The van der Waals surface area contributed by atoms with Crippen LogP contribution in [0.2, 0.25) is 0 Å². The monoisotopic (exact) mass is 495 g/mol. The van der Waals surface area contributed by atoms with Crippen molar-refractivity contribution in [3.8, 4) is 5.75 Å². The average Bonchev–Trinajstić information content (AvgIpc) is 3.22. The van der Waals surface area contributed by atoms with Gasteiger partial charge >= 0.3 is 0 Å². The van der Waals surface area contributed by atoms with Gasteiger partial charge in [0.2, 0.25) is 0 Å². The van der Waals surface area contributed by atoms with E-state index in [0.29, 0.717) is 36.8 Å². The molecule has 0 spiro atoms. The van der Waals surface area contributed by atoms with Gasteiger partial charge in [0.15, 0.2) is 0 Å². The summed E-state index contributed by atoms with van der Waals surface area (Å²) in [5.74, 6) is 0.412. The number of rotatable bonds is 10. The molecule has 0 bridgehead atoms. The van der Waals surface area contributed by atoms with Crippen molar-refractivity contribution < 1.29 is 14.3 Å². The molecule has 0 saturated heterocycles. The first-order chi connectivity index (χ1) is 17.9. The van der Waals surface area contributed by atoms with Crippen molar-refractivity contribution >= 4 is 28.8 Å². The number of fused-ring (bicyclic) bond motifs is 1. The average molecular weight is 496 g/mol. The van der Waals surface area contributed by atoms with E-state index in [1.807, 2.05) is 55.5 Å². The number of H-pyrrole nitrogens is 1. The Labute approximate surface area is 217 Å². The van der Waals surface area contributed by atoms with Crippen molar-refractivity contribution in [1.82, 2.24) is 15.6 Å². The van der Waals surface area contributed by atoms with E-state index in [0.717, 1.165) is 22.2 Å². The second kappa shape index (κ2) is 12.1. The van der Waals surface area contributed by atoms with E-state index in [-0.39, 0.29) is 17.5 Å². The van der Waals surface area contributed by atoms with Gasteiger partial charge in [0.1, 0.15) is 11.4 Å². The number of ether oxygens (including phenoxy) is 1. The summed E-state index contributed by atoms with van der Waals surface area (Å²) in [4.78, 5) is 29.6. The molecule has 3 N–H and O–H groups in total. The van der Waals surface area contributed by atoms with Gasteiger partial charge in [-0.05, 0) is 66.8 Å². The van der Waals surface area contributed by atoms with Gasteiger partial charge in [0.25, 0.3) is 11.8 Å². The third kappa shape index (κ3) is 6.88. The van der Waals surface area contributed by atoms with Crippen LogP contribution in [0.1, 0.15) is 41.0 Å². The Morgan fingerprint density at radius 2 is 1.65 bits per heavy atom. The first-order valence-corrected chi connectivity index (χ1v) is 12.6. The van der Waals surface area contributed by atoms with E-state index in [2.05, 4.69) is 35.5 Å². The zero-order chi connectivity index (χ0) is 26.2. The van der Waals surface area contributed by atoms with E-state index in [1.54, 1.807) is 30.3 Å². The molecule has 2 amide bonds. The van der Waals surface area contributed by atoms with Crippen LogP contribution in [-0.2, 0) is 11.2 Å². The summed E-state index contributed by atoms with van der Waals surface area (Å²) in [6.07, 6.45) is 2.36. The molecule has 1 heterocycles. The van der Waals surface area contributed by atoms with Crippen LogP contribution >= 0.6 is 0 Å². The number of aromatic nitrogens is 1. The van der Waals surface area contributed by atoms with Gasteiger partial charge in [-0.1, -0.05) is 62.4 Å². The molecule has 0 saturated carbocycles. The van der Waals surface area contributed by atoms with E-state index < -0.39 is 0 Å². The van der Waals surface area contributed by atoms with E-state index in [4.69, 9.17) is 4.74 Å². The fourth-order valence-electron chi connectivity index (χ4n) is 4.09. The van der Waals surface area contributed by atoms with Crippen LogP contribution in [0.3, 0.4) is 0 Å². The number of carbonyl (C=O) groups excluding carboxylic acids is 2. The summed E-state index contributed by atoms with van der Waals surface area (Å²) in [7, 11) is 0. The number of hydrogen-bond acceptors (Lipinski definition) is 3. The standard InChI is InChI=1S/C31H33N3O3/c1-21(2)20-37-25-15-13-24(14-16-25)30(35)34-29(19-23-9-5-4-6-10-23)31(36)32-18-17-26-22(3)33-28-12-8-7-11-27(26)28/h4-16,19,21,33H,17-18,20H2,1-3H3,(H,32,36)(H,34,35). The molecule has 0 unspecified atom stereocenters. The summed E-state index contributed by atoms with van der Waals surface area (Å²) in [5, 5.41) is 6.93. The highest BCUT2D eigenvalue weighted by Crippen LogP contribution is 2.22. The smallest absolute Gasteiger partial charge is 0.267 e. The van der Waals surface area contributed by atoms with Crippen LogP contribution in [0.4, 0.5) is 0 Å². The van der Waals surface area contributed by atoms with Crippen LogP contribution in [0.5, 0.6) is 5.75 Å². The van der Waals surface area contributed by atoms with Crippen LogP contribution < -0.4 is 15.4 Å². The number of carbonyl (C=O) groups is 2. The molecule has 0 aliphatic heterocycles. The number of aryl methyl sites for hydroxylation is 1. The molecule has 0 atom stereocenters. The first kappa shape index (κ1) is 25.8. The molecule has 6 nitrogen and oxygen atoms in total. The summed E-state index contributed by atoms with van der Waals surface area (Å²) in [6, 6.07) is 24.5. The van der Waals surface area contributed by atoms with Crippen molar-refractivity contribution in [1.29, 1.82) is 0 Å². The predicted octanol–water partition coefficient (Wildman–Crippen LogP) is 5.64. The lowest BCUT2D eigenvalue weighted by Crippen LogP contribution is -2.35. The van der Waals surface area contributed by atoms with Gasteiger partial charge in [0.05, 0.1) is 6.61 Å². The zero-order valence-electron chi connectivity index (χ0n) is 21.5. The van der Waals surface area contributed by atoms with Crippen LogP contribution in [0.25, 0.3) is 17.0 Å². The normalized spacial score (nSPS) is 11.5. The van der Waals surface area contributed by atoms with Crippen molar-refractivity contribution in [2.75, 3.05) is 13.2 Å². The Morgan fingerprint density at radius 1 is 0.946 bits per heavy atom. The number of hydrogen-bond donors (Lipinski definition) is 3. The minimum Gasteiger partial charge on any atom is -0.493 e. The van der Waals surface area contributed by atoms with E-state index in [1.165, 1.54) is 5.56 Å². The molecule has 0 fully saturated rings. The Morgan fingerprint density at radius 3 is 2.38 bits per heavy atom. The summed E-state index contributed by atoms with van der Waals surface area (Å²) in [5.41, 5.74) is 4.79. The molecule has 1 aromatic heterocycles. The largest absolute Gasteiger partial charge is 0.493 e. The maximum Gasteiger partial charge on any atom is 0.267 e. The van der Waals surface area contributed by atoms with Gasteiger partial charge in [0, 0.05) is 28.7 Å². The Balaban J connectivity index is 1.45. The van der Waals surface area contributed by atoms with Crippen LogP contribution in [0, 0.1) is 12.8 Å². The second-order valence-electron chi connectivity index (χ2n) is 9.43. The summed E-state index contributed by atoms with van der Waals surface area (Å²) >= 11 is 0. The quantitative estimate of drug-likeness (QED) is 0.249. The van der Waals surface area contributed by atoms with Gasteiger partial charge in [-0.25, -0.2) is 0 Å². The Hall–Kier alpha value is -4.32. The topological polar surface area (TPSA) is 83.2 Å². The lowest BCUT2D eigenvalue weighted by Gasteiger charge is -2.12. The van der Waals surface area contributed by atoms with Gasteiger partial charge < -0.3 is 20.4 Å². The molecule has 4 aromatic rings. The van der Waals surface area contributed by atoms with Crippen molar-refractivity contribution in [2.24, 2.45) is 5.92 Å². The van der Waals surface area contributed by atoms with Crippen molar-refractivity contribution in [2.45, 2.75) is 27.2 Å². The number of para-hydroxylation sites is 1. The molecule has 190 valence electrons. The lowest BCUT2D eigenvalue weighted by molar-refractivity contribution is -0.117. The number of nitrogens with one attached hydrogen (secondary N) is 3. The number of benzene rings is 3. The molecular formula is C31H33N3O3. The fourth-order valence-corrected chi connectivity index (χ4v) is 4.09. The molecule has 4 rings (SSSR count). The highest BCUT2D eigenvalue weighted by Gasteiger charge is 2.16. The van der Waals surface area contributed by atoms with E-state index >= 15 is 0 Å². The number of aromatic amines is 1. The summed E-state index contributed by atoms with van der Waals surface area (Å²) < 4.78 is 5.70. The van der Waals surface area contributed by atoms with Gasteiger partial charge in [-0.2, -0.15) is 0 Å². The fraction of sp³-hybridized carbons (Fsp3) is 0.226. The second-order valence-corrected chi connectivity index (χ2v) is 9.43. The van der Waals surface area contributed by atoms with Crippen LogP contribution in [0.15, 0.2) is 84.6 Å². The third-order valence-corrected chi connectivity index (χ3v) is 5.99. The maximum absolute atomic E-state index is 13.2. The SMILES string of the molecule is Cc1[nH]c2ccccc2c1CCNC(=O)C(=Cc1ccccc1)NC(=O)c1ccc(OCC(C)C)cc1. The van der Waals surface area contributed by atoms with E-state index in [9.17, 15) is 9.59 Å². The molecule has 0 aliphatic carbocycles. The molecule has 6 heteroatoms. The number of amides is 2. The molecule has 37 heavy (non-hydrogen) atoms. The maximum atomic E-state index is 13.2. The van der Waals surface area contributed by atoms with Gasteiger partial charge in [-0.3, -0.25) is 9.59 Å². The molecule has 3 aromatic carbocycles. The first-order valence-electron chi connectivity index (χ1n) is 12.6. The zero-order valence-corrected chi connectivity index (χ0v) is 21.5. The lowest BCUT2D eigenvalue weighted by atomic mass is 10.1. The van der Waals surface area contributed by atoms with Crippen molar-refractivity contribution in [3.63, 3.8) is 0 Å². The molecule has 0 radical (unpaired) electrons. The third-order valence-electron chi connectivity index (χ3n) is 5.99.